The fourth-order valence-corrected chi connectivity index (χ4v) is 1.74. The van der Waals surface area contributed by atoms with Crippen LogP contribution in [-0.2, 0) is 11.2 Å². The molecule has 0 aliphatic heterocycles. The summed E-state index contributed by atoms with van der Waals surface area (Å²) in [5, 5.41) is 5.98. The second kappa shape index (κ2) is 9.92. The number of aryl methyl sites for hydroxylation is 1. The van der Waals surface area contributed by atoms with Gasteiger partial charge in [0.15, 0.2) is 0 Å². The minimum absolute atomic E-state index is 0. The quantitative estimate of drug-likeness (QED) is 0.745. The highest BCUT2D eigenvalue weighted by molar-refractivity contribution is 5.85. The van der Waals surface area contributed by atoms with Crippen molar-refractivity contribution in [3.8, 4) is 0 Å². The zero-order valence-corrected chi connectivity index (χ0v) is 12.0. The van der Waals surface area contributed by atoms with Crippen molar-refractivity contribution < 1.29 is 4.79 Å². The molecule has 0 saturated carbocycles. The maximum atomic E-state index is 11.5. The molecule has 0 fully saturated rings. The van der Waals surface area contributed by atoms with Gasteiger partial charge in [0, 0.05) is 13.0 Å². The van der Waals surface area contributed by atoms with Gasteiger partial charge in [-0.25, -0.2) is 0 Å². The third-order valence-corrected chi connectivity index (χ3v) is 2.81. The smallest absolute Gasteiger partial charge is 0.220 e. The molecule has 0 aromatic heterocycles. The standard InChI is InChI=1S/C14H22N2O.ClH/c1-12-6-3-4-7-13(12)9-11-16-14(17)8-5-10-15-2;/h3-4,6-7,15H,5,8-11H2,1-2H3,(H,16,17);1H. The van der Waals surface area contributed by atoms with E-state index in [0.717, 1.165) is 25.9 Å². The highest BCUT2D eigenvalue weighted by Crippen LogP contribution is 2.06. The summed E-state index contributed by atoms with van der Waals surface area (Å²) in [5.74, 6) is 0.147. The first-order valence-electron chi connectivity index (χ1n) is 6.20. The normalized spacial score (nSPS) is 9.67. The van der Waals surface area contributed by atoms with Crippen LogP contribution in [0.3, 0.4) is 0 Å². The Hall–Kier alpha value is -1.06. The van der Waals surface area contributed by atoms with E-state index in [2.05, 4.69) is 29.7 Å². The van der Waals surface area contributed by atoms with E-state index in [-0.39, 0.29) is 18.3 Å². The second-order valence-electron chi connectivity index (χ2n) is 4.23. The Morgan fingerprint density at radius 2 is 1.94 bits per heavy atom. The summed E-state index contributed by atoms with van der Waals surface area (Å²) in [6.07, 6.45) is 2.41. The van der Waals surface area contributed by atoms with Gasteiger partial charge in [-0.1, -0.05) is 24.3 Å². The molecule has 1 aromatic carbocycles. The maximum absolute atomic E-state index is 11.5. The van der Waals surface area contributed by atoms with Crippen molar-refractivity contribution in [2.45, 2.75) is 26.2 Å². The summed E-state index contributed by atoms with van der Waals surface area (Å²) < 4.78 is 0. The van der Waals surface area contributed by atoms with Gasteiger partial charge in [0.1, 0.15) is 0 Å². The largest absolute Gasteiger partial charge is 0.356 e. The summed E-state index contributed by atoms with van der Waals surface area (Å²) in [6, 6.07) is 8.29. The molecule has 1 rings (SSSR count). The molecule has 0 bridgehead atoms. The predicted molar refractivity (Wildman–Crippen MR) is 78.3 cm³/mol. The number of rotatable bonds is 7. The van der Waals surface area contributed by atoms with Crippen LogP contribution in [0.2, 0.25) is 0 Å². The predicted octanol–water partition coefficient (Wildman–Crippen LogP) is 2.08. The van der Waals surface area contributed by atoms with Crippen LogP contribution < -0.4 is 10.6 Å². The molecule has 1 amide bonds. The highest BCUT2D eigenvalue weighted by atomic mass is 35.5. The molecule has 1 aromatic rings. The molecule has 102 valence electrons. The number of hydrogen-bond donors (Lipinski definition) is 2. The van der Waals surface area contributed by atoms with Crippen LogP contribution >= 0.6 is 12.4 Å². The number of halogens is 1. The van der Waals surface area contributed by atoms with E-state index in [1.54, 1.807) is 0 Å². The third-order valence-electron chi connectivity index (χ3n) is 2.81. The monoisotopic (exact) mass is 270 g/mol. The van der Waals surface area contributed by atoms with Gasteiger partial charge in [-0.2, -0.15) is 0 Å². The first kappa shape index (κ1) is 16.9. The van der Waals surface area contributed by atoms with E-state index in [0.29, 0.717) is 6.42 Å². The summed E-state index contributed by atoms with van der Waals surface area (Å²) in [6.45, 7) is 3.72. The third kappa shape index (κ3) is 6.62. The van der Waals surface area contributed by atoms with Crippen LogP contribution in [0, 0.1) is 6.92 Å². The van der Waals surface area contributed by atoms with Crippen LogP contribution in [0.15, 0.2) is 24.3 Å². The van der Waals surface area contributed by atoms with Crippen LogP contribution in [0.4, 0.5) is 0 Å². The van der Waals surface area contributed by atoms with Gasteiger partial charge >= 0.3 is 0 Å². The van der Waals surface area contributed by atoms with E-state index >= 15 is 0 Å². The number of carbonyl (C=O) groups excluding carboxylic acids is 1. The van der Waals surface area contributed by atoms with Gasteiger partial charge in [-0.3, -0.25) is 4.79 Å². The molecule has 0 atom stereocenters. The van der Waals surface area contributed by atoms with Crippen molar-refractivity contribution in [2.75, 3.05) is 20.1 Å². The molecule has 0 unspecified atom stereocenters. The van der Waals surface area contributed by atoms with Crippen molar-refractivity contribution in [1.82, 2.24) is 10.6 Å². The van der Waals surface area contributed by atoms with Gasteiger partial charge in [0.25, 0.3) is 0 Å². The molecular formula is C14H23ClN2O. The Kier molecular flexibility index (Phi) is 9.33. The molecule has 0 aliphatic rings. The molecule has 0 heterocycles. The van der Waals surface area contributed by atoms with E-state index < -0.39 is 0 Å². The average Bonchev–Trinajstić information content (AvgIpc) is 2.32. The second-order valence-corrected chi connectivity index (χ2v) is 4.23. The van der Waals surface area contributed by atoms with E-state index in [1.165, 1.54) is 11.1 Å². The fourth-order valence-electron chi connectivity index (χ4n) is 1.74. The first-order chi connectivity index (χ1) is 8.24. The van der Waals surface area contributed by atoms with Crippen molar-refractivity contribution >= 4 is 18.3 Å². The molecule has 0 saturated heterocycles. The molecule has 0 spiro atoms. The lowest BCUT2D eigenvalue weighted by atomic mass is 10.1. The Labute approximate surface area is 116 Å². The van der Waals surface area contributed by atoms with E-state index in [9.17, 15) is 4.79 Å². The van der Waals surface area contributed by atoms with Gasteiger partial charge in [-0.15, -0.1) is 12.4 Å². The number of amides is 1. The molecule has 0 aliphatic carbocycles. The maximum Gasteiger partial charge on any atom is 0.220 e. The molecule has 18 heavy (non-hydrogen) atoms. The van der Waals surface area contributed by atoms with Gasteiger partial charge in [0.05, 0.1) is 0 Å². The lowest BCUT2D eigenvalue weighted by molar-refractivity contribution is -0.121. The van der Waals surface area contributed by atoms with E-state index in [1.807, 2.05) is 19.2 Å². The zero-order valence-electron chi connectivity index (χ0n) is 11.2. The molecule has 0 radical (unpaired) electrons. The zero-order chi connectivity index (χ0) is 12.5. The van der Waals surface area contributed by atoms with Gasteiger partial charge in [0.2, 0.25) is 5.91 Å². The van der Waals surface area contributed by atoms with Crippen molar-refractivity contribution in [2.24, 2.45) is 0 Å². The highest BCUT2D eigenvalue weighted by Gasteiger charge is 2.01. The Morgan fingerprint density at radius 3 is 2.61 bits per heavy atom. The summed E-state index contributed by atoms with van der Waals surface area (Å²) in [5.41, 5.74) is 2.60. The van der Waals surface area contributed by atoms with Crippen molar-refractivity contribution in [1.29, 1.82) is 0 Å². The number of carbonyl (C=O) groups is 1. The molecule has 4 heteroatoms. The lowest BCUT2D eigenvalue weighted by Crippen LogP contribution is -2.26. The lowest BCUT2D eigenvalue weighted by Gasteiger charge is -2.07. The minimum atomic E-state index is 0. The average molecular weight is 271 g/mol. The van der Waals surface area contributed by atoms with Gasteiger partial charge < -0.3 is 10.6 Å². The number of benzene rings is 1. The Balaban J connectivity index is 0.00000289. The van der Waals surface area contributed by atoms with Crippen LogP contribution in [-0.4, -0.2) is 26.0 Å². The molecular weight excluding hydrogens is 248 g/mol. The van der Waals surface area contributed by atoms with Crippen LogP contribution in [0.25, 0.3) is 0 Å². The fraction of sp³-hybridized carbons (Fsp3) is 0.500. The SMILES string of the molecule is CNCCCC(=O)NCCc1ccccc1C.Cl. The topological polar surface area (TPSA) is 41.1 Å². The summed E-state index contributed by atoms with van der Waals surface area (Å²) in [4.78, 5) is 11.5. The minimum Gasteiger partial charge on any atom is -0.356 e. The van der Waals surface area contributed by atoms with Crippen molar-refractivity contribution in [3.05, 3.63) is 35.4 Å². The Bertz CT molecular complexity index is 355. The summed E-state index contributed by atoms with van der Waals surface area (Å²) in [7, 11) is 1.90. The molecule has 3 nitrogen and oxygen atoms in total. The van der Waals surface area contributed by atoms with Crippen molar-refractivity contribution in [3.63, 3.8) is 0 Å². The molecule has 2 N–H and O–H groups in total. The van der Waals surface area contributed by atoms with E-state index in [4.69, 9.17) is 0 Å². The van der Waals surface area contributed by atoms with Gasteiger partial charge in [-0.05, 0) is 44.5 Å². The Morgan fingerprint density at radius 1 is 1.22 bits per heavy atom. The van der Waals surface area contributed by atoms with Crippen LogP contribution in [0.5, 0.6) is 0 Å². The first-order valence-corrected chi connectivity index (χ1v) is 6.20. The van der Waals surface area contributed by atoms with Crippen LogP contribution in [0.1, 0.15) is 24.0 Å². The summed E-state index contributed by atoms with van der Waals surface area (Å²) >= 11 is 0. The number of nitrogens with one attached hydrogen (secondary N) is 2. The number of hydrogen-bond acceptors (Lipinski definition) is 2.